The smallest absolute Gasteiger partial charge is 0.315 e. The zero-order chi connectivity index (χ0) is 16.4. The molecule has 0 bridgehead atoms. The first kappa shape index (κ1) is 16.9. The van der Waals surface area contributed by atoms with Crippen molar-refractivity contribution >= 4 is 23.7 Å². The Labute approximate surface area is 143 Å². The molecule has 1 unspecified atom stereocenters. The van der Waals surface area contributed by atoms with E-state index in [1.807, 2.05) is 16.7 Å². The maximum atomic E-state index is 12.3. The second kappa shape index (κ2) is 6.91. The predicted octanol–water partition coefficient (Wildman–Crippen LogP) is 2.36. The highest BCUT2D eigenvalue weighted by Crippen LogP contribution is 2.33. The molecule has 0 spiro atoms. The summed E-state index contributed by atoms with van der Waals surface area (Å²) in [5.41, 5.74) is 0.396. The van der Waals surface area contributed by atoms with Crippen LogP contribution in [-0.4, -0.2) is 53.0 Å². The van der Waals surface area contributed by atoms with Gasteiger partial charge in [0.1, 0.15) is 0 Å². The van der Waals surface area contributed by atoms with E-state index in [1.54, 1.807) is 0 Å². The third-order valence-electron chi connectivity index (χ3n) is 5.54. The van der Waals surface area contributed by atoms with Crippen molar-refractivity contribution in [3.8, 4) is 0 Å². The van der Waals surface area contributed by atoms with Crippen LogP contribution in [0.3, 0.4) is 0 Å². The lowest BCUT2D eigenvalue weighted by Gasteiger charge is -2.37. The Morgan fingerprint density at radius 1 is 1.26 bits per heavy atom. The van der Waals surface area contributed by atoms with Gasteiger partial charge in [0.05, 0.1) is 12.1 Å². The number of carbonyl (C=O) groups excluding carboxylic acids is 2. The number of nitrogens with zero attached hydrogens (tertiary/aromatic N) is 1. The van der Waals surface area contributed by atoms with Crippen molar-refractivity contribution < 1.29 is 9.59 Å². The van der Waals surface area contributed by atoms with Crippen LogP contribution in [0.15, 0.2) is 0 Å². The fourth-order valence-electron chi connectivity index (χ4n) is 3.78. The van der Waals surface area contributed by atoms with Gasteiger partial charge in [0.25, 0.3) is 0 Å². The number of nitrogens with one attached hydrogen (secondary N) is 2. The highest BCUT2D eigenvalue weighted by Gasteiger charge is 2.42. The number of amides is 3. The lowest BCUT2D eigenvalue weighted by molar-refractivity contribution is -0.133. The molecule has 0 saturated carbocycles. The fraction of sp³-hybridized carbons (Fsp3) is 0.882. The van der Waals surface area contributed by atoms with Crippen molar-refractivity contribution in [2.45, 2.75) is 69.7 Å². The monoisotopic (exact) mass is 339 g/mol. The Bertz CT molecular complexity index is 459. The van der Waals surface area contributed by atoms with E-state index in [9.17, 15) is 9.59 Å². The number of unbranched alkanes of at least 4 members (excludes halogenated alkanes) is 1. The first-order valence-corrected chi connectivity index (χ1v) is 9.96. The number of thioether (sulfide) groups is 1. The Kier molecular flexibility index (Phi) is 5.09. The number of urea groups is 1. The van der Waals surface area contributed by atoms with Gasteiger partial charge in [-0.05, 0) is 31.1 Å². The van der Waals surface area contributed by atoms with E-state index in [0.29, 0.717) is 29.0 Å². The van der Waals surface area contributed by atoms with Gasteiger partial charge >= 0.3 is 6.03 Å². The molecule has 3 aliphatic heterocycles. The van der Waals surface area contributed by atoms with Crippen LogP contribution in [-0.2, 0) is 4.79 Å². The van der Waals surface area contributed by atoms with E-state index in [2.05, 4.69) is 24.5 Å². The maximum absolute atomic E-state index is 12.3. The van der Waals surface area contributed by atoms with Crippen molar-refractivity contribution in [3.05, 3.63) is 0 Å². The molecule has 0 aromatic rings. The van der Waals surface area contributed by atoms with Crippen molar-refractivity contribution in [2.75, 3.05) is 18.8 Å². The van der Waals surface area contributed by atoms with E-state index < -0.39 is 0 Å². The first-order chi connectivity index (χ1) is 10.9. The Morgan fingerprint density at radius 2 is 2.00 bits per heavy atom. The average molecular weight is 340 g/mol. The van der Waals surface area contributed by atoms with Crippen LogP contribution >= 0.6 is 11.8 Å². The van der Waals surface area contributed by atoms with E-state index in [4.69, 9.17) is 0 Å². The van der Waals surface area contributed by atoms with Crippen LogP contribution in [0.2, 0.25) is 0 Å². The molecule has 23 heavy (non-hydrogen) atoms. The number of hydrogen-bond acceptors (Lipinski definition) is 3. The molecule has 0 radical (unpaired) electrons. The third kappa shape index (κ3) is 4.14. The maximum Gasteiger partial charge on any atom is 0.315 e. The number of piperidine rings is 1. The Balaban J connectivity index is 1.33. The van der Waals surface area contributed by atoms with Gasteiger partial charge in [0.15, 0.2) is 0 Å². The second-order valence-corrected chi connectivity index (χ2v) is 9.18. The van der Waals surface area contributed by atoms with Crippen LogP contribution in [0.4, 0.5) is 4.79 Å². The molecule has 3 rings (SSSR count). The van der Waals surface area contributed by atoms with Crippen molar-refractivity contribution in [3.63, 3.8) is 0 Å². The zero-order valence-corrected chi connectivity index (χ0v) is 15.1. The molecule has 0 aromatic carbocycles. The SMILES string of the molecule is CC1(C)CCN(C(=O)CCCCC2SC[C@H]3NC(=O)N[C@@H]23)CC1. The molecule has 6 heteroatoms. The van der Waals surface area contributed by atoms with Gasteiger partial charge in [-0.3, -0.25) is 4.79 Å². The van der Waals surface area contributed by atoms with E-state index >= 15 is 0 Å². The first-order valence-electron chi connectivity index (χ1n) is 8.91. The predicted molar refractivity (Wildman–Crippen MR) is 93.6 cm³/mol. The lowest BCUT2D eigenvalue weighted by atomic mass is 9.82. The number of likely N-dealkylation sites (tertiary alicyclic amines) is 1. The van der Waals surface area contributed by atoms with Crippen LogP contribution in [0.1, 0.15) is 52.4 Å². The van der Waals surface area contributed by atoms with Gasteiger partial charge in [-0.1, -0.05) is 20.3 Å². The molecule has 3 saturated heterocycles. The summed E-state index contributed by atoms with van der Waals surface area (Å²) in [6.45, 7) is 6.42. The summed E-state index contributed by atoms with van der Waals surface area (Å²) < 4.78 is 0. The molecular formula is C17H29N3O2S. The van der Waals surface area contributed by atoms with E-state index in [1.165, 1.54) is 0 Å². The topological polar surface area (TPSA) is 61.4 Å². The van der Waals surface area contributed by atoms with Crippen LogP contribution in [0.5, 0.6) is 0 Å². The van der Waals surface area contributed by atoms with Crippen LogP contribution < -0.4 is 10.6 Å². The van der Waals surface area contributed by atoms with Crippen LogP contribution in [0, 0.1) is 5.41 Å². The quantitative estimate of drug-likeness (QED) is 0.597. The molecule has 3 fully saturated rings. The molecule has 0 aliphatic carbocycles. The second-order valence-electron chi connectivity index (χ2n) is 7.91. The molecule has 0 aromatic heterocycles. The van der Waals surface area contributed by atoms with E-state index in [0.717, 1.165) is 50.9 Å². The van der Waals surface area contributed by atoms with Crippen molar-refractivity contribution in [1.82, 2.24) is 15.5 Å². The number of fused-ring (bicyclic) bond motifs is 1. The average Bonchev–Trinajstić information content (AvgIpc) is 3.03. The summed E-state index contributed by atoms with van der Waals surface area (Å²) >= 11 is 1.95. The minimum absolute atomic E-state index is 0.0199. The summed E-state index contributed by atoms with van der Waals surface area (Å²) in [6.07, 6.45) is 6.04. The number of carbonyl (C=O) groups is 2. The summed E-state index contributed by atoms with van der Waals surface area (Å²) in [4.78, 5) is 25.7. The van der Waals surface area contributed by atoms with Crippen molar-refractivity contribution in [1.29, 1.82) is 0 Å². The molecule has 5 nitrogen and oxygen atoms in total. The van der Waals surface area contributed by atoms with E-state index in [-0.39, 0.29) is 12.1 Å². The molecule has 3 amide bonds. The zero-order valence-electron chi connectivity index (χ0n) is 14.3. The van der Waals surface area contributed by atoms with Gasteiger partial charge in [0.2, 0.25) is 5.91 Å². The number of rotatable bonds is 5. The van der Waals surface area contributed by atoms with Gasteiger partial charge in [-0.2, -0.15) is 11.8 Å². The summed E-state index contributed by atoms with van der Waals surface area (Å²) in [5.74, 6) is 1.34. The van der Waals surface area contributed by atoms with Crippen molar-refractivity contribution in [2.24, 2.45) is 5.41 Å². The lowest BCUT2D eigenvalue weighted by Crippen LogP contribution is -2.41. The summed E-state index contributed by atoms with van der Waals surface area (Å²) in [6, 6.07) is 0.567. The Morgan fingerprint density at radius 3 is 2.74 bits per heavy atom. The van der Waals surface area contributed by atoms with Crippen LogP contribution in [0.25, 0.3) is 0 Å². The van der Waals surface area contributed by atoms with Gasteiger partial charge < -0.3 is 15.5 Å². The number of hydrogen-bond donors (Lipinski definition) is 2. The molecule has 3 aliphatic rings. The van der Waals surface area contributed by atoms with Gasteiger partial charge in [-0.15, -0.1) is 0 Å². The molecule has 130 valence electrons. The summed E-state index contributed by atoms with van der Waals surface area (Å²) in [5, 5.41) is 6.51. The molecule has 3 atom stereocenters. The minimum atomic E-state index is -0.0199. The summed E-state index contributed by atoms with van der Waals surface area (Å²) in [7, 11) is 0. The molecule has 2 N–H and O–H groups in total. The minimum Gasteiger partial charge on any atom is -0.343 e. The molecular weight excluding hydrogens is 310 g/mol. The third-order valence-corrected chi connectivity index (χ3v) is 7.05. The van der Waals surface area contributed by atoms with Gasteiger partial charge in [-0.25, -0.2) is 4.79 Å². The van der Waals surface area contributed by atoms with Gasteiger partial charge in [0, 0.05) is 30.5 Å². The molecule has 3 heterocycles. The highest BCUT2D eigenvalue weighted by atomic mass is 32.2. The fourth-order valence-corrected chi connectivity index (χ4v) is 5.33. The standard InChI is InChI=1S/C17H29N3O2S/c1-17(2)7-9-20(10-8-17)14(21)6-4-3-5-13-15-12(11-23-13)18-16(22)19-15/h12-13,15H,3-11H2,1-2H3,(H2,18,19,22)/t12-,13?,15-/m1/s1. The normalized spacial score (nSPS) is 32.3. The Hall–Kier alpha value is -0.910. The largest absolute Gasteiger partial charge is 0.343 e. The highest BCUT2D eigenvalue weighted by molar-refractivity contribution is 8.00.